The predicted molar refractivity (Wildman–Crippen MR) is 74.3 cm³/mol. The highest BCUT2D eigenvalue weighted by Gasteiger charge is 2.43. The second-order valence-electron chi connectivity index (χ2n) is 5.83. The molecular weight excluding hydrogens is 248 g/mol. The van der Waals surface area contributed by atoms with Crippen molar-refractivity contribution in [3.05, 3.63) is 0 Å². The summed E-state index contributed by atoms with van der Waals surface area (Å²) in [5.41, 5.74) is 5.99. The molecule has 106 valence electrons. The van der Waals surface area contributed by atoms with Crippen molar-refractivity contribution >= 4 is 9.84 Å². The lowest BCUT2D eigenvalue weighted by atomic mass is 9.85. The number of piperidine rings is 1. The van der Waals surface area contributed by atoms with Crippen LogP contribution < -0.4 is 5.73 Å². The van der Waals surface area contributed by atoms with E-state index in [0.29, 0.717) is 24.1 Å². The van der Waals surface area contributed by atoms with E-state index in [1.165, 1.54) is 19.3 Å². The van der Waals surface area contributed by atoms with E-state index in [4.69, 9.17) is 5.73 Å². The number of nitrogens with two attached hydrogens (primary N) is 1. The van der Waals surface area contributed by atoms with Gasteiger partial charge in [-0.3, -0.25) is 4.90 Å². The Morgan fingerprint density at radius 3 is 2.50 bits per heavy atom. The molecule has 0 aromatic heterocycles. The molecule has 0 saturated carbocycles. The van der Waals surface area contributed by atoms with Gasteiger partial charge in [0.1, 0.15) is 9.84 Å². The van der Waals surface area contributed by atoms with Crippen LogP contribution in [0.15, 0.2) is 0 Å². The summed E-state index contributed by atoms with van der Waals surface area (Å²) in [6.45, 7) is 3.92. The third kappa shape index (κ3) is 2.73. The maximum atomic E-state index is 11.6. The molecule has 0 amide bonds. The van der Waals surface area contributed by atoms with Gasteiger partial charge in [-0.1, -0.05) is 13.3 Å². The second kappa shape index (κ2) is 5.47. The zero-order valence-corrected chi connectivity index (χ0v) is 12.2. The fourth-order valence-corrected chi connectivity index (χ4v) is 5.16. The summed E-state index contributed by atoms with van der Waals surface area (Å²) < 4.78 is 23.3. The van der Waals surface area contributed by atoms with E-state index >= 15 is 0 Å². The molecule has 1 unspecified atom stereocenters. The van der Waals surface area contributed by atoms with Gasteiger partial charge >= 0.3 is 0 Å². The lowest BCUT2D eigenvalue weighted by Crippen LogP contribution is -2.62. The predicted octanol–water partition coefficient (Wildman–Crippen LogP) is 1.16. The Kier molecular flexibility index (Phi) is 4.34. The highest BCUT2D eigenvalue weighted by molar-refractivity contribution is 7.91. The van der Waals surface area contributed by atoms with Gasteiger partial charge < -0.3 is 5.73 Å². The highest BCUT2D eigenvalue weighted by Crippen LogP contribution is 2.35. The first-order valence-electron chi connectivity index (χ1n) is 7.20. The normalized spacial score (nSPS) is 32.2. The van der Waals surface area contributed by atoms with Gasteiger partial charge in [0.25, 0.3) is 0 Å². The monoisotopic (exact) mass is 274 g/mol. The molecule has 2 rings (SSSR count). The smallest absolute Gasteiger partial charge is 0.150 e. The Balaban J connectivity index is 2.16. The molecule has 5 heteroatoms. The molecule has 2 aliphatic rings. The molecule has 0 aromatic rings. The molecule has 2 heterocycles. The van der Waals surface area contributed by atoms with Gasteiger partial charge in [0.05, 0.1) is 11.5 Å². The molecule has 4 nitrogen and oxygen atoms in total. The summed E-state index contributed by atoms with van der Waals surface area (Å²) in [6, 6.07) is 0.600. The second-order valence-corrected chi connectivity index (χ2v) is 8.14. The fourth-order valence-electron chi connectivity index (χ4n) is 3.58. The summed E-state index contributed by atoms with van der Waals surface area (Å²) in [7, 11) is -2.81. The zero-order chi connectivity index (χ0) is 13.2. The van der Waals surface area contributed by atoms with Gasteiger partial charge in [-0.05, 0) is 38.6 Å². The topological polar surface area (TPSA) is 63.4 Å². The molecule has 0 spiro atoms. The third-order valence-electron chi connectivity index (χ3n) is 4.84. The molecule has 0 bridgehead atoms. The van der Waals surface area contributed by atoms with E-state index in [1.54, 1.807) is 0 Å². The van der Waals surface area contributed by atoms with Crippen molar-refractivity contribution in [3.63, 3.8) is 0 Å². The molecule has 2 saturated heterocycles. The lowest BCUT2D eigenvalue weighted by molar-refractivity contribution is 0.0131. The van der Waals surface area contributed by atoms with Crippen molar-refractivity contribution in [1.29, 1.82) is 0 Å². The maximum absolute atomic E-state index is 11.6. The molecular formula is C13H26N2O2S. The molecule has 2 fully saturated rings. The minimum atomic E-state index is -2.81. The minimum absolute atomic E-state index is 0.0492. The van der Waals surface area contributed by atoms with Crippen LogP contribution in [0.1, 0.15) is 45.4 Å². The van der Waals surface area contributed by atoms with Crippen molar-refractivity contribution in [2.75, 3.05) is 24.6 Å². The quantitative estimate of drug-likeness (QED) is 0.839. The number of rotatable bonds is 3. The molecule has 2 N–H and O–H groups in total. The molecule has 0 aromatic carbocycles. The summed E-state index contributed by atoms with van der Waals surface area (Å²) in [5.74, 6) is 0.633. The maximum Gasteiger partial charge on any atom is 0.150 e. The first-order valence-corrected chi connectivity index (χ1v) is 9.02. The minimum Gasteiger partial charge on any atom is -0.329 e. The van der Waals surface area contributed by atoms with Crippen LogP contribution >= 0.6 is 0 Å². The van der Waals surface area contributed by atoms with Crippen LogP contribution in [-0.4, -0.2) is 49.5 Å². The Morgan fingerprint density at radius 1 is 1.28 bits per heavy atom. The van der Waals surface area contributed by atoms with Crippen LogP contribution in [0.4, 0.5) is 0 Å². The number of sulfone groups is 1. The highest BCUT2D eigenvalue weighted by atomic mass is 32.2. The first kappa shape index (κ1) is 14.3. The van der Waals surface area contributed by atoms with Crippen LogP contribution in [0.25, 0.3) is 0 Å². The van der Waals surface area contributed by atoms with E-state index in [-0.39, 0.29) is 5.54 Å². The van der Waals surface area contributed by atoms with Crippen LogP contribution in [0.3, 0.4) is 0 Å². The van der Waals surface area contributed by atoms with E-state index < -0.39 is 9.84 Å². The van der Waals surface area contributed by atoms with Crippen LogP contribution in [-0.2, 0) is 9.84 Å². The summed E-state index contributed by atoms with van der Waals surface area (Å²) in [4.78, 5) is 2.55. The van der Waals surface area contributed by atoms with Crippen molar-refractivity contribution in [2.24, 2.45) is 5.73 Å². The van der Waals surface area contributed by atoms with Gasteiger partial charge in [-0.25, -0.2) is 8.42 Å². The summed E-state index contributed by atoms with van der Waals surface area (Å²) in [6.07, 6.45) is 6.36. The zero-order valence-electron chi connectivity index (χ0n) is 11.4. The van der Waals surface area contributed by atoms with Crippen molar-refractivity contribution in [3.8, 4) is 0 Å². The van der Waals surface area contributed by atoms with Gasteiger partial charge in [0, 0.05) is 18.1 Å². The van der Waals surface area contributed by atoms with Gasteiger partial charge in [0.15, 0.2) is 0 Å². The Morgan fingerprint density at radius 2 is 1.94 bits per heavy atom. The average molecular weight is 274 g/mol. The molecule has 2 aliphatic heterocycles. The summed E-state index contributed by atoms with van der Waals surface area (Å²) >= 11 is 0. The Labute approximate surface area is 111 Å². The average Bonchev–Trinajstić information content (AvgIpc) is 2.40. The van der Waals surface area contributed by atoms with E-state index in [9.17, 15) is 8.42 Å². The van der Waals surface area contributed by atoms with E-state index in [1.807, 2.05) is 0 Å². The van der Waals surface area contributed by atoms with Gasteiger partial charge in [0.2, 0.25) is 0 Å². The Bertz CT molecular complexity index is 366. The van der Waals surface area contributed by atoms with Crippen LogP contribution in [0, 0.1) is 0 Å². The summed E-state index contributed by atoms with van der Waals surface area (Å²) in [5, 5.41) is 0. The third-order valence-corrected chi connectivity index (χ3v) is 6.50. The van der Waals surface area contributed by atoms with Crippen LogP contribution in [0.2, 0.25) is 0 Å². The van der Waals surface area contributed by atoms with Crippen molar-refractivity contribution in [2.45, 2.75) is 57.0 Å². The SMILES string of the molecule is CCC1CCCCN1C1(CN)CCS(=O)(=O)CC1. The number of hydrogen-bond donors (Lipinski definition) is 1. The fraction of sp³-hybridized carbons (Fsp3) is 1.00. The molecule has 1 atom stereocenters. The molecule has 0 aliphatic carbocycles. The van der Waals surface area contributed by atoms with Gasteiger partial charge in [-0.2, -0.15) is 0 Å². The van der Waals surface area contributed by atoms with Gasteiger partial charge in [-0.15, -0.1) is 0 Å². The number of nitrogens with zero attached hydrogens (tertiary/aromatic N) is 1. The van der Waals surface area contributed by atoms with Crippen molar-refractivity contribution in [1.82, 2.24) is 4.90 Å². The van der Waals surface area contributed by atoms with Crippen molar-refractivity contribution < 1.29 is 8.42 Å². The number of likely N-dealkylation sites (tertiary alicyclic amines) is 1. The molecule has 18 heavy (non-hydrogen) atoms. The lowest BCUT2D eigenvalue weighted by Gasteiger charge is -2.51. The standard InChI is InChI=1S/C13H26N2O2S/c1-2-12-5-3-4-8-15(12)13(11-14)6-9-18(16,17)10-7-13/h12H,2-11,14H2,1H3. The van der Waals surface area contributed by atoms with E-state index in [2.05, 4.69) is 11.8 Å². The van der Waals surface area contributed by atoms with E-state index in [0.717, 1.165) is 25.8 Å². The van der Waals surface area contributed by atoms with Crippen LogP contribution in [0.5, 0.6) is 0 Å². The molecule has 0 radical (unpaired) electrons. The number of hydrogen-bond acceptors (Lipinski definition) is 4. The Hall–Kier alpha value is -0.130. The first-order chi connectivity index (χ1) is 8.53. The largest absolute Gasteiger partial charge is 0.329 e.